The van der Waals surface area contributed by atoms with Crippen LogP contribution in [-0.4, -0.2) is 39.7 Å². The first kappa shape index (κ1) is 15.5. The lowest BCUT2D eigenvalue weighted by atomic mass is 9.96. The van der Waals surface area contributed by atoms with Gasteiger partial charge >= 0.3 is 6.09 Å². The van der Waals surface area contributed by atoms with E-state index in [1.807, 2.05) is 27.7 Å². The van der Waals surface area contributed by atoms with Gasteiger partial charge in [-0.05, 0) is 40.5 Å². The van der Waals surface area contributed by atoms with E-state index in [4.69, 9.17) is 4.74 Å². The Morgan fingerprint density at radius 2 is 2.00 bits per heavy atom. The number of nitrogens with zero attached hydrogens (tertiary/aromatic N) is 2. The number of rotatable bonds is 1. The molecule has 2 rings (SSSR count). The molecule has 1 aromatic rings. The van der Waals surface area contributed by atoms with Crippen molar-refractivity contribution in [3.63, 3.8) is 0 Å². The highest BCUT2D eigenvalue weighted by Crippen LogP contribution is 2.26. The molecule has 0 saturated carbocycles. The SMILES string of the molecule is Cc1cc(=O)[nH]c(C2CCN(C(=O)OC(C)(C)C)CC2)n1. The third-order valence-electron chi connectivity index (χ3n) is 3.42. The highest BCUT2D eigenvalue weighted by atomic mass is 16.6. The van der Waals surface area contributed by atoms with Crippen LogP contribution in [0.1, 0.15) is 51.0 Å². The van der Waals surface area contributed by atoms with Gasteiger partial charge in [0.15, 0.2) is 0 Å². The number of carbonyl (C=O) groups excluding carboxylic acids is 1. The lowest BCUT2D eigenvalue weighted by Gasteiger charge is -2.33. The largest absolute Gasteiger partial charge is 0.444 e. The van der Waals surface area contributed by atoms with Crippen molar-refractivity contribution in [2.24, 2.45) is 0 Å². The van der Waals surface area contributed by atoms with Crippen LogP contribution in [0.25, 0.3) is 0 Å². The predicted octanol–water partition coefficient (Wildman–Crippen LogP) is 2.19. The Kier molecular flexibility index (Phi) is 4.34. The van der Waals surface area contributed by atoms with E-state index in [0.717, 1.165) is 24.4 Å². The summed E-state index contributed by atoms with van der Waals surface area (Å²) in [5.41, 5.74) is 0.132. The summed E-state index contributed by atoms with van der Waals surface area (Å²) in [5.74, 6) is 0.917. The van der Waals surface area contributed by atoms with Crippen LogP contribution in [-0.2, 0) is 4.74 Å². The van der Waals surface area contributed by atoms with Gasteiger partial charge in [0.25, 0.3) is 5.56 Å². The monoisotopic (exact) mass is 293 g/mol. The van der Waals surface area contributed by atoms with Gasteiger partial charge in [-0.2, -0.15) is 0 Å². The molecule has 0 spiro atoms. The van der Waals surface area contributed by atoms with Crippen LogP contribution in [0.2, 0.25) is 0 Å². The second-order valence-electron chi connectivity index (χ2n) is 6.51. The maximum Gasteiger partial charge on any atom is 0.410 e. The van der Waals surface area contributed by atoms with Crippen LogP contribution in [0.15, 0.2) is 10.9 Å². The van der Waals surface area contributed by atoms with Gasteiger partial charge in [-0.1, -0.05) is 0 Å². The quantitative estimate of drug-likeness (QED) is 0.861. The fraction of sp³-hybridized carbons (Fsp3) is 0.667. The Balaban J connectivity index is 1.97. The molecule has 1 amide bonds. The molecule has 0 atom stereocenters. The van der Waals surface area contributed by atoms with Crippen LogP contribution in [0, 0.1) is 6.92 Å². The Hall–Kier alpha value is -1.85. The lowest BCUT2D eigenvalue weighted by molar-refractivity contribution is 0.0203. The second kappa shape index (κ2) is 5.87. The van der Waals surface area contributed by atoms with Crippen molar-refractivity contribution in [2.75, 3.05) is 13.1 Å². The van der Waals surface area contributed by atoms with Crippen molar-refractivity contribution in [3.8, 4) is 0 Å². The highest BCUT2D eigenvalue weighted by Gasteiger charge is 2.28. The van der Waals surface area contributed by atoms with Crippen LogP contribution in [0.3, 0.4) is 0 Å². The van der Waals surface area contributed by atoms with E-state index in [1.165, 1.54) is 6.07 Å². The summed E-state index contributed by atoms with van der Waals surface area (Å²) in [6, 6.07) is 1.49. The smallest absolute Gasteiger partial charge is 0.410 e. The minimum atomic E-state index is -0.475. The summed E-state index contributed by atoms with van der Waals surface area (Å²) in [5, 5.41) is 0. The average Bonchev–Trinajstić information content (AvgIpc) is 2.35. The summed E-state index contributed by atoms with van der Waals surface area (Å²) in [4.78, 5) is 32.4. The topological polar surface area (TPSA) is 75.3 Å². The van der Waals surface area contributed by atoms with Crippen molar-refractivity contribution in [1.29, 1.82) is 0 Å². The predicted molar refractivity (Wildman–Crippen MR) is 79.4 cm³/mol. The van der Waals surface area contributed by atoms with Gasteiger partial charge in [-0.15, -0.1) is 0 Å². The number of H-pyrrole nitrogens is 1. The standard InChI is InChI=1S/C15H23N3O3/c1-10-9-12(19)17-13(16-10)11-5-7-18(8-6-11)14(20)21-15(2,3)4/h9,11H,5-8H2,1-4H3,(H,16,17,19). The van der Waals surface area contributed by atoms with E-state index in [0.29, 0.717) is 13.1 Å². The van der Waals surface area contributed by atoms with Crippen molar-refractivity contribution in [3.05, 3.63) is 27.9 Å². The summed E-state index contributed by atoms with van der Waals surface area (Å²) in [6.07, 6.45) is 1.30. The molecule has 6 nitrogen and oxygen atoms in total. The van der Waals surface area contributed by atoms with Crippen LogP contribution >= 0.6 is 0 Å². The number of piperidine rings is 1. The maximum atomic E-state index is 12.0. The first-order chi connectivity index (χ1) is 9.74. The van der Waals surface area contributed by atoms with E-state index in [2.05, 4.69) is 9.97 Å². The number of nitrogens with one attached hydrogen (secondary N) is 1. The number of aromatic nitrogens is 2. The van der Waals surface area contributed by atoms with Crippen molar-refractivity contribution >= 4 is 6.09 Å². The molecular formula is C15H23N3O3. The zero-order valence-corrected chi connectivity index (χ0v) is 13.1. The fourth-order valence-electron chi connectivity index (χ4n) is 2.46. The first-order valence-corrected chi connectivity index (χ1v) is 7.30. The first-order valence-electron chi connectivity index (χ1n) is 7.30. The Labute approximate surface area is 124 Å². The number of hydrogen-bond acceptors (Lipinski definition) is 4. The van der Waals surface area contributed by atoms with Gasteiger partial charge in [-0.25, -0.2) is 9.78 Å². The summed E-state index contributed by atoms with van der Waals surface area (Å²) < 4.78 is 5.37. The highest BCUT2D eigenvalue weighted by molar-refractivity contribution is 5.68. The second-order valence-corrected chi connectivity index (χ2v) is 6.51. The maximum absolute atomic E-state index is 12.0. The van der Waals surface area contributed by atoms with Gasteiger partial charge in [0.1, 0.15) is 11.4 Å². The minimum absolute atomic E-state index is 0.118. The molecular weight excluding hydrogens is 270 g/mol. The Morgan fingerprint density at radius 1 is 1.38 bits per heavy atom. The molecule has 0 aromatic carbocycles. The van der Waals surface area contributed by atoms with E-state index in [1.54, 1.807) is 4.90 Å². The number of amides is 1. The zero-order valence-electron chi connectivity index (χ0n) is 13.1. The minimum Gasteiger partial charge on any atom is -0.444 e. The summed E-state index contributed by atoms with van der Waals surface area (Å²) >= 11 is 0. The molecule has 1 aliphatic rings. The fourth-order valence-corrected chi connectivity index (χ4v) is 2.46. The molecule has 0 bridgehead atoms. The third kappa shape index (κ3) is 4.31. The number of carbonyl (C=O) groups is 1. The molecule has 1 N–H and O–H groups in total. The molecule has 0 unspecified atom stereocenters. The Bertz CT molecular complexity index is 566. The molecule has 1 fully saturated rings. The average molecular weight is 293 g/mol. The van der Waals surface area contributed by atoms with Gasteiger partial charge < -0.3 is 14.6 Å². The van der Waals surface area contributed by atoms with E-state index in [9.17, 15) is 9.59 Å². The Morgan fingerprint density at radius 3 is 2.52 bits per heavy atom. The zero-order chi connectivity index (χ0) is 15.6. The van der Waals surface area contributed by atoms with Crippen molar-refractivity contribution in [1.82, 2.24) is 14.9 Å². The third-order valence-corrected chi connectivity index (χ3v) is 3.42. The number of likely N-dealkylation sites (tertiary alicyclic amines) is 1. The van der Waals surface area contributed by atoms with Gasteiger partial charge in [0, 0.05) is 30.8 Å². The van der Waals surface area contributed by atoms with E-state index < -0.39 is 5.60 Å². The number of hydrogen-bond donors (Lipinski definition) is 1. The van der Waals surface area contributed by atoms with Gasteiger partial charge in [0.05, 0.1) is 0 Å². The van der Waals surface area contributed by atoms with E-state index in [-0.39, 0.29) is 17.6 Å². The molecule has 6 heteroatoms. The van der Waals surface area contributed by atoms with Crippen LogP contribution in [0.4, 0.5) is 4.79 Å². The molecule has 1 saturated heterocycles. The van der Waals surface area contributed by atoms with Crippen LogP contribution in [0.5, 0.6) is 0 Å². The van der Waals surface area contributed by atoms with Gasteiger partial charge in [0.2, 0.25) is 0 Å². The molecule has 0 aliphatic carbocycles. The molecule has 2 heterocycles. The van der Waals surface area contributed by atoms with Crippen LogP contribution < -0.4 is 5.56 Å². The van der Waals surface area contributed by atoms with Crippen molar-refractivity contribution < 1.29 is 9.53 Å². The van der Waals surface area contributed by atoms with Crippen molar-refractivity contribution in [2.45, 2.75) is 52.1 Å². The normalized spacial score (nSPS) is 16.9. The lowest BCUT2D eigenvalue weighted by Crippen LogP contribution is -2.41. The number of aromatic amines is 1. The number of ether oxygens (including phenoxy) is 1. The van der Waals surface area contributed by atoms with Gasteiger partial charge in [-0.3, -0.25) is 4.79 Å². The summed E-state index contributed by atoms with van der Waals surface area (Å²) in [7, 11) is 0. The molecule has 0 radical (unpaired) electrons. The molecule has 1 aliphatic heterocycles. The number of aryl methyl sites for hydroxylation is 1. The molecule has 116 valence electrons. The van der Waals surface area contributed by atoms with E-state index >= 15 is 0 Å². The molecule has 21 heavy (non-hydrogen) atoms. The molecule has 1 aromatic heterocycles. The summed E-state index contributed by atoms with van der Waals surface area (Å²) in [6.45, 7) is 8.64.